The Kier molecular flexibility index (Phi) is 4.66. The van der Waals surface area contributed by atoms with Gasteiger partial charge in [-0.05, 0) is 51.0 Å². The molecule has 0 aromatic carbocycles. The third-order valence-corrected chi connectivity index (χ3v) is 6.05. The SMILES string of the molecule is CC(=O)c1[nH]c(C)c(C(=O)N2CCC(c3nccn3CC3CC3)CC2)c1C. The van der Waals surface area contributed by atoms with Gasteiger partial charge in [-0.15, -0.1) is 0 Å². The third-order valence-electron chi connectivity index (χ3n) is 6.05. The van der Waals surface area contributed by atoms with Crippen LogP contribution in [0.5, 0.6) is 0 Å². The Bertz CT molecular complexity index is 867. The van der Waals surface area contributed by atoms with Gasteiger partial charge in [-0.1, -0.05) is 0 Å². The second-order valence-corrected chi connectivity index (χ2v) is 8.13. The van der Waals surface area contributed by atoms with Crippen molar-refractivity contribution in [3.63, 3.8) is 0 Å². The fourth-order valence-electron chi connectivity index (χ4n) is 4.34. The summed E-state index contributed by atoms with van der Waals surface area (Å²) in [6.45, 7) is 7.81. The molecular weight excluding hydrogens is 340 g/mol. The van der Waals surface area contributed by atoms with E-state index in [9.17, 15) is 9.59 Å². The van der Waals surface area contributed by atoms with E-state index in [4.69, 9.17) is 0 Å². The zero-order valence-corrected chi connectivity index (χ0v) is 16.4. The maximum Gasteiger partial charge on any atom is 0.255 e. The van der Waals surface area contributed by atoms with Gasteiger partial charge < -0.3 is 14.5 Å². The molecule has 6 heteroatoms. The summed E-state index contributed by atoms with van der Waals surface area (Å²) in [4.78, 5) is 34.4. The van der Waals surface area contributed by atoms with Crippen molar-refractivity contribution in [2.45, 2.75) is 58.9 Å². The van der Waals surface area contributed by atoms with Gasteiger partial charge in [-0.25, -0.2) is 4.98 Å². The Morgan fingerprint density at radius 1 is 1.19 bits per heavy atom. The number of aromatic amines is 1. The van der Waals surface area contributed by atoms with Crippen LogP contribution in [0.3, 0.4) is 0 Å². The lowest BCUT2D eigenvalue weighted by molar-refractivity contribution is 0.0709. The molecule has 27 heavy (non-hydrogen) atoms. The van der Waals surface area contributed by atoms with E-state index in [0.717, 1.165) is 49.7 Å². The van der Waals surface area contributed by atoms with E-state index < -0.39 is 0 Å². The summed E-state index contributed by atoms with van der Waals surface area (Å²) in [5, 5.41) is 0. The van der Waals surface area contributed by atoms with Gasteiger partial charge in [-0.2, -0.15) is 0 Å². The molecule has 0 atom stereocenters. The summed E-state index contributed by atoms with van der Waals surface area (Å²) < 4.78 is 2.32. The highest BCUT2D eigenvalue weighted by Crippen LogP contribution is 2.34. The summed E-state index contributed by atoms with van der Waals surface area (Å²) >= 11 is 0. The minimum absolute atomic E-state index is 0.0316. The lowest BCUT2D eigenvalue weighted by Crippen LogP contribution is -2.38. The molecule has 4 rings (SSSR count). The first kappa shape index (κ1) is 18.0. The second-order valence-electron chi connectivity index (χ2n) is 8.13. The molecule has 1 amide bonds. The van der Waals surface area contributed by atoms with Crippen molar-refractivity contribution in [1.82, 2.24) is 19.4 Å². The van der Waals surface area contributed by atoms with Crippen LogP contribution in [0.4, 0.5) is 0 Å². The predicted octanol–water partition coefficient (Wildman–Crippen LogP) is 3.46. The average molecular weight is 368 g/mol. The van der Waals surface area contributed by atoms with E-state index in [1.807, 2.05) is 24.9 Å². The summed E-state index contributed by atoms with van der Waals surface area (Å²) in [5.74, 6) is 2.44. The Morgan fingerprint density at radius 2 is 1.89 bits per heavy atom. The maximum atomic E-state index is 13.1. The average Bonchev–Trinajstić information content (AvgIpc) is 3.25. The molecule has 3 heterocycles. The first-order chi connectivity index (χ1) is 13.0. The number of aromatic nitrogens is 3. The number of hydrogen-bond donors (Lipinski definition) is 1. The van der Waals surface area contributed by atoms with Gasteiger partial charge in [-0.3, -0.25) is 9.59 Å². The predicted molar refractivity (Wildman–Crippen MR) is 103 cm³/mol. The standard InChI is InChI=1S/C21H28N4O2/c1-13-18(14(2)23-19(13)15(3)26)21(27)24-9-6-17(7-10-24)20-22-8-11-25(20)12-16-4-5-16/h8,11,16-17,23H,4-7,9-10,12H2,1-3H3. The van der Waals surface area contributed by atoms with Crippen molar-refractivity contribution < 1.29 is 9.59 Å². The molecule has 2 aromatic heterocycles. The van der Waals surface area contributed by atoms with Crippen molar-refractivity contribution in [2.75, 3.05) is 13.1 Å². The van der Waals surface area contributed by atoms with Crippen molar-refractivity contribution in [2.24, 2.45) is 5.92 Å². The number of nitrogens with one attached hydrogen (secondary N) is 1. The van der Waals surface area contributed by atoms with Crippen LogP contribution in [0.25, 0.3) is 0 Å². The monoisotopic (exact) mass is 368 g/mol. The van der Waals surface area contributed by atoms with Gasteiger partial charge in [0.2, 0.25) is 0 Å². The second kappa shape index (κ2) is 6.98. The molecule has 2 aromatic rings. The van der Waals surface area contributed by atoms with Crippen LogP contribution in [0.15, 0.2) is 12.4 Å². The largest absolute Gasteiger partial charge is 0.355 e. The first-order valence-electron chi connectivity index (χ1n) is 9.96. The van der Waals surface area contributed by atoms with Crippen LogP contribution in [-0.2, 0) is 6.54 Å². The minimum Gasteiger partial charge on any atom is -0.355 e. The van der Waals surface area contributed by atoms with Crippen molar-refractivity contribution in [1.29, 1.82) is 0 Å². The number of likely N-dealkylation sites (tertiary alicyclic amines) is 1. The topological polar surface area (TPSA) is 71.0 Å². The van der Waals surface area contributed by atoms with Crippen LogP contribution >= 0.6 is 0 Å². The van der Waals surface area contributed by atoms with Crippen LogP contribution in [0.1, 0.15) is 76.5 Å². The first-order valence-corrected chi connectivity index (χ1v) is 9.96. The van der Waals surface area contributed by atoms with Crippen molar-refractivity contribution in [3.05, 3.63) is 40.7 Å². The summed E-state index contributed by atoms with van der Waals surface area (Å²) in [6, 6.07) is 0. The van der Waals surface area contributed by atoms with E-state index >= 15 is 0 Å². The number of aryl methyl sites for hydroxylation is 1. The highest BCUT2D eigenvalue weighted by Gasteiger charge is 2.31. The van der Waals surface area contributed by atoms with Gasteiger partial charge in [0.25, 0.3) is 5.91 Å². The van der Waals surface area contributed by atoms with E-state index in [0.29, 0.717) is 17.2 Å². The number of carbonyl (C=O) groups is 2. The highest BCUT2D eigenvalue weighted by atomic mass is 16.2. The number of nitrogens with zero attached hydrogens (tertiary/aromatic N) is 3. The molecular formula is C21H28N4O2. The normalized spacial score (nSPS) is 18.1. The molecule has 6 nitrogen and oxygen atoms in total. The van der Waals surface area contributed by atoms with Gasteiger partial charge >= 0.3 is 0 Å². The number of piperidine rings is 1. The molecule has 2 aliphatic rings. The zero-order valence-electron chi connectivity index (χ0n) is 16.4. The Hall–Kier alpha value is -2.37. The van der Waals surface area contributed by atoms with Gasteiger partial charge in [0.1, 0.15) is 5.82 Å². The zero-order chi connectivity index (χ0) is 19.1. The van der Waals surface area contributed by atoms with Gasteiger partial charge in [0, 0.05) is 50.6 Å². The summed E-state index contributed by atoms with van der Waals surface area (Å²) in [6.07, 6.45) is 8.56. The van der Waals surface area contributed by atoms with Crippen molar-refractivity contribution in [3.8, 4) is 0 Å². The van der Waals surface area contributed by atoms with E-state index in [2.05, 4.69) is 20.7 Å². The molecule has 144 valence electrons. The molecule has 2 fully saturated rings. The number of hydrogen-bond acceptors (Lipinski definition) is 3. The highest BCUT2D eigenvalue weighted by molar-refractivity contribution is 6.02. The Labute approximate surface area is 160 Å². The number of amides is 1. The number of carbonyl (C=O) groups excluding carboxylic acids is 2. The molecule has 0 radical (unpaired) electrons. The van der Waals surface area contributed by atoms with Gasteiger partial charge in [0.15, 0.2) is 5.78 Å². The lowest BCUT2D eigenvalue weighted by Gasteiger charge is -2.32. The minimum atomic E-state index is -0.0316. The fourth-order valence-corrected chi connectivity index (χ4v) is 4.34. The molecule has 1 aliphatic heterocycles. The molecule has 0 spiro atoms. The fraction of sp³-hybridized carbons (Fsp3) is 0.571. The number of H-pyrrole nitrogens is 1. The van der Waals surface area contributed by atoms with Crippen LogP contribution in [-0.4, -0.2) is 44.2 Å². The quantitative estimate of drug-likeness (QED) is 0.822. The maximum absolute atomic E-state index is 13.1. The number of imidazole rings is 1. The van der Waals surface area contributed by atoms with Crippen LogP contribution < -0.4 is 0 Å². The molecule has 1 saturated carbocycles. The number of rotatable bonds is 5. The van der Waals surface area contributed by atoms with Gasteiger partial charge in [0.05, 0.1) is 11.3 Å². The summed E-state index contributed by atoms with van der Waals surface area (Å²) in [7, 11) is 0. The Morgan fingerprint density at radius 3 is 2.48 bits per heavy atom. The van der Waals surface area contributed by atoms with E-state index in [1.54, 1.807) is 0 Å². The molecule has 0 bridgehead atoms. The Balaban J connectivity index is 1.44. The molecule has 1 aliphatic carbocycles. The lowest BCUT2D eigenvalue weighted by atomic mass is 9.95. The number of Topliss-reactive ketones (excluding diaryl/α,β-unsaturated/α-hetero) is 1. The molecule has 0 unspecified atom stereocenters. The third kappa shape index (κ3) is 3.45. The number of ketones is 1. The van der Waals surface area contributed by atoms with Crippen molar-refractivity contribution >= 4 is 11.7 Å². The molecule has 1 saturated heterocycles. The van der Waals surface area contributed by atoms with E-state index in [-0.39, 0.29) is 11.7 Å². The summed E-state index contributed by atoms with van der Waals surface area (Å²) in [5.41, 5.74) is 2.76. The van der Waals surface area contributed by atoms with Crippen LogP contribution in [0.2, 0.25) is 0 Å². The smallest absolute Gasteiger partial charge is 0.255 e. The van der Waals surface area contributed by atoms with Crippen LogP contribution in [0, 0.1) is 19.8 Å². The molecule has 1 N–H and O–H groups in total. The van der Waals surface area contributed by atoms with E-state index in [1.165, 1.54) is 25.6 Å².